The van der Waals surface area contributed by atoms with Gasteiger partial charge in [0, 0.05) is 11.6 Å². The van der Waals surface area contributed by atoms with E-state index in [-0.39, 0.29) is 0 Å². The fourth-order valence-corrected chi connectivity index (χ4v) is 1.76. The lowest BCUT2D eigenvalue weighted by atomic mass is 10.1. The Bertz CT molecular complexity index is 578. The van der Waals surface area contributed by atoms with E-state index in [0.29, 0.717) is 0 Å². The molecule has 18 heavy (non-hydrogen) atoms. The van der Waals surface area contributed by atoms with Crippen molar-refractivity contribution in [3.8, 4) is 22.8 Å². The molecular weight excluding hydrogens is 230 g/mol. The first-order valence-corrected chi connectivity index (χ1v) is 5.45. The molecule has 90 valence electrons. The second kappa shape index (κ2) is 4.37. The van der Waals surface area contributed by atoms with Crippen LogP contribution in [0.3, 0.4) is 0 Å². The summed E-state index contributed by atoms with van der Waals surface area (Å²) in [5.41, 5.74) is 1.81. The van der Waals surface area contributed by atoms with E-state index in [4.69, 9.17) is 9.15 Å². The van der Waals surface area contributed by atoms with Gasteiger partial charge in [0.1, 0.15) is 24.2 Å². The fraction of sp³-hybridized carbons (Fsp3) is 0.0769. The molecule has 5 nitrogen and oxygen atoms in total. The zero-order valence-corrected chi connectivity index (χ0v) is 9.78. The standard InChI is InChI=1S/C13H11N3O2/c1-17-12-6-10(13-3-2-4-18-13)5-11(7-12)16-9-14-8-15-16/h2-9H,1H3. The van der Waals surface area contributed by atoms with E-state index in [1.165, 1.54) is 6.33 Å². The molecule has 0 spiro atoms. The Morgan fingerprint density at radius 2 is 2.22 bits per heavy atom. The van der Waals surface area contributed by atoms with Crippen LogP contribution in [-0.4, -0.2) is 21.9 Å². The van der Waals surface area contributed by atoms with Crippen molar-refractivity contribution >= 4 is 0 Å². The van der Waals surface area contributed by atoms with Crippen LogP contribution >= 0.6 is 0 Å². The summed E-state index contributed by atoms with van der Waals surface area (Å²) < 4.78 is 12.4. The highest BCUT2D eigenvalue weighted by molar-refractivity contribution is 5.63. The van der Waals surface area contributed by atoms with Crippen molar-refractivity contribution in [1.82, 2.24) is 14.8 Å². The first-order chi connectivity index (χ1) is 8.86. The number of aromatic nitrogens is 3. The fourth-order valence-electron chi connectivity index (χ4n) is 1.76. The summed E-state index contributed by atoms with van der Waals surface area (Å²) in [6.45, 7) is 0. The number of rotatable bonds is 3. The maximum atomic E-state index is 5.39. The molecule has 0 saturated carbocycles. The number of ether oxygens (including phenoxy) is 1. The topological polar surface area (TPSA) is 53.1 Å². The van der Waals surface area contributed by atoms with Crippen LogP contribution in [0.15, 0.2) is 53.7 Å². The summed E-state index contributed by atoms with van der Waals surface area (Å²) in [6.07, 6.45) is 4.77. The summed E-state index contributed by atoms with van der Waals surface area (Å²) in [4.78, 5) is 3.93. The van der Waals surface area contributed by atoms with E-state index in [9.17, 15) is 0 Å². The Balaban J connectivity index is 2.13. The predicted octanol–water partition coefficient (Wildman–Crippen LogP) is 2.54. The van der Waals surface area contributed by atoms with Crippen molar-refractivity contribution in [2.45, 2.75) is 0 Å². The maximum absolute atomic E-state index is 5.39. The lowest BCUT2D eigenvalue weighted by Crippen LogP contribution is -1.96. The van der Waals surface area contributed by atoms with E-state index < -0.39 is 0 Å². The molecule has 0 aliphatic heterocycles. The largest absolute Gasteiger partial charge is 0.497 e. The van der Waals surface area contributed by atoms with Gasteiger partial charge in [0.05, 0.1) is 19.1 Å². The number of methoxy groups -OCH3 is 1. The van der Waals surface area contributed by atoms with Crippen molar-refractivity contribution in [2.75, 3.05) is 7.11 Å². The predicted molar refractivity (Wildman–Crippen MR) is 65.6 cm³/mol. The van der Waals surface area contributed by atoms with Crippen LogP contribution in [0.2, 0.25) is 0 Å². The molecule has 0 aliphatic rings. The van der Waals surface area contributed by atoms with Gasteiger partial charge in [-0.3, -0.25) is 0 Å². The molecule has 0 unspecified atom stereocenters. The highest BCUT2D eigenvalue weighted by atomic mass is 16.5. The van der Waals surface area contributed by atoms with Crippen LogP contribution in [0, 0.1) is 0 Å². The number of benzene rings is 1. The molecule has 1 aromatic carbocycles. The van der Waals surface area contributed by atoms with Gasteiger partial charge in [-0.1, -0.05) is 0 Å². The minimum Gasteiger partial charge on any atom is -0.497 e. The van der Waals surface area contributed by atoms with Crippen LogP contribution in [0.25, 0.3) is 17.0 Å². The van der Waals surface area contributed by atoms with E-state index in [1.54, 1.807) is 24.4 Å². The summed E-state index contributed by atoms with van der Waals surface area (Å²) in [7, 11) is 1.63. The molecule has 0 atom stereocenters. The van der Waals surface area contributed by atoms with Crippen molar-refractivity contribution in [1.29, 1.82) is 0 Å². The number of hydrogen-bond acceptors (Lipinski definition) is 4. The van der Waals surface area contributed by atoms with Crippen molar-refractivity contribution in [3.05, 3.63) is 49.2 Å². The molecule has 0 bridgehead atoms. The second-order valence-corrected chi connectivity index (χ2v) is 3.74. The zero-order chi connectivity index (χ0) is 12.4. The molecular formula is C13H11N3O2. The first kappa shape index (κ1) is 10.6. The summed E-state index contributed by atoms with van der Waals surface area (Å²) in [6, 6.07) is 9.53. The minimum absolute atomic E-state index is 0.745. The van der Waals surface area contributed by atoms with Crippen molar-refractivity contribution < 1.29 is 9.15 Å². The van der Waals surface area contributed by atoms with E-state index >= 15 is 0 Å². The minimum atomic E-state index is 0.745. The molecule has 0 saturated heterocycles. The van der Waals surface area contributed by atoms with Gasteiger partial charge in [0.25, 0.3) is 0 Å². The van der Waals surface area contributed by atoms with Gasteiger partial charge >= 0.3 is 0 Å². The molecule has 5 heteroatoms. The molecule has 2 aromatic heterocycles. The van der Waals surface area contributed by atoms with Crippen LogP contribution in [0.1, 0.15) is 0 Å². The average Bonchev–Trinajstić information content (AvgIpc) is 3.10. The highest BCUT2D eigenvalue weighted by Gasteiger charge is 2.07. The maximum Gasteiger partial charge on any atom is 0.138 e. The quantitative estimate of drug-likeness (QED) is 0.707. The van der Waals surface area contributed by atoms with Gasteiger partial charge in [-0.15, -0.1) is 0 Å². The zero-order valence-electron chi connectivity index (χ0n) is 9.78. The van der Waals surface area contributed by atoms with Crippen LogP contribution in [0.5, 0.6) is 5.75 Å². The van der Waals surface area contributed by atoms with Gasteiger partial charge in [-0.25, -0.2) is 9.67 Å². The Labute approximate surface area is 104 Å². The van der Waals surface area contributed by atoms with E-state index in [2.05, 4.69) is 10.1 Å². The Morgan fingerprint density at radius 3 is 2.89 bits per heavy atom. The summed E-state index contributed by atoms with van der Waals surface area (Å²) in [5.74, 6) is 1.53. The Kier molecular flexibility index (Phi) is 2.57. The van der Waals surface area contributed by atoms with E-state index in [1.807, 2.05) is 30.3 Å². The monoisotopic (exact) mass is 241 g/mol. The van der Waals surface area contributed by atoms with Gasteiger partial charge in [0.15, 0.2) is 0 Å². The van der Waals surface area contributed by atoms with Crippen molar-refractivity contribution in [2.24, 2.45) is 0 Å². The number of nitrogens with zero attached hydrogens (tertiary/aromatic N) is 3. The molecule has 0 radical (unpaired) electrons. The number of hydrogen-bond donors (Lipinski definition) is 0. The van der Waals surface area contributed by atoms with Crippen LogP contribution in [-0.2, 0) is 0 Å². The highest BCUT2D eigenvalue weighted by Crippen LogP contribution is 2.27. The lowest BCUT2D eigenvalue weighted by molar-refractivity contribution is 0.414. The number of furan rings is 1. The lowest BCUT2D eigenvalue weighted by Gasteiger charge is -2.07. The van der Waals surface area contributed by atoms with Gasteiger partial charge < -0.3 is 9.15 Å². The SMILES string of the molecule is COc1cc(-c2ccco2)cc(-n2cncn2)c1. The van der Waals surface area contributed by atoms with Crippen molar-refractivity contribution in [3.63, 3.8) is 0 Å². The van der Waals surface area contributed by atoms with Gasteiger partial charge in [0.2, 0.25) is 0 Å². The first-order valence-electron chi connectivity index (χ1n) is 5.45. The molecule has 3 rings (SSSR count). The summed E-state index contributed by atoms with van der Waals surface area (Å²) >= 11 is 0. The molecule has 0 fully saturated rings. The molecule has 0 N–H and O–H groups in total. The molecule has 2 heterocycles. The van der Waals surface area contributed by atoms with E-state index in [0.717, 1.165) is 22.8 Å². The molecule has 3 aromatic rings. The normalized spacial score (nSPS) is 10.5. The third kappa shape index (κ3) is 1.86. The third-order valence-corrected chi connectivity index (χ3v) is 2.62. The summed E-state index contributed by atoms with van der Waals surface area (Å²) in [5, 5.41) is 4.10. The second-order valence-electron chi connectivity index (χ2n) is 3.74. The van der Waals surface area contributed by atoms with Crippen LogP contribution < -0.4 is 4.74 Å². The third-order valence-electron chi connectivity index (χ3n) is 2.62. The molecule has 0 aliphatic carbocycles. The van der Waals surface area contributed by atoms with Gasteiger partial charge in [-0.2, -0.15) is 5.10 Å². The smallest absolute Gasteiger partial charge is 0.138 e. The van der Waals surface area contributed by atoms with Crippen LogP contribution in [0.4, 0.5) is 0 Å². The molecule has 0 amide bonds. The Hall–Kier alpha value is -2.56. The van der Waals surface area contributed by atoms with Gasteiger partial charge in [-0.05, 0) is 24.3 Å². The Morgan fingerprint density at radius 1 is 1.28 bits per heavy atom. The average molecular weight is 241 g/mol.